The number of carboxylic acids is 1. The van der Waals surface area contributed by atoms with Crippen LogP contribution < -0.4 is 5.32 Å². The second kappa shape index (κ2) is 5.67. The highest BCUT2D eigenvalue weighted by Crippen LogP contribution is 2.22. The van der Waals surface area contributed by atoms with E-state index in [2.05, 4.69) is 21.2 Å². The third kappa shape index (κ3) is 4.07. The zero-order valence-electron chi connectivity index (χ0n) is 9.11. The van der Waals surface area contributed by atoms with Crippen LogP contribution in [0.1, 0.15) is 23.7 Å². The van der Waals surface area contributed by atoms with Crippen molar-refractivity contribution in [2.24, 2.45) is 0 Å². The van der Waals surface area contributed by atoms with Crippen LogP contribution in [0.3, 0.4) is 0 Å². The third-order valence-electron chi connectivity index (χ3n) is 2.06. The van der Waals surface area contributed by atoms with Gasteiger partial charge >= 0.3 is 5.97 Å². The maximum atomic E-state index is 11.7. The first-order valence-electron chi connectivity index (χ1n) is 4.91. The number of hydrogen-bond acceptors (Lipinski definition) is 3. The number of carbonyl (C=O) groups excluding carboxylic acids is 1. The summed E-state index contributed by atoms with van der Waals surface area (Å²) in [7, 11) is 0. The molecule has 0 aliphatic carbocycles. The first-order valence-corrected chi connectivity index (χ1v) is 5.70. The van der Waals surface area contributed by atoms with Crippen LogP contribution in [-0.2, 0) is 4.79 Å². The molecule has 1 amide bonds. The Balaban J connectivity index is 2.73. The summed E-state index contributed by atoms with van der Waals surface area (Å²) in [5.41, 5.74) is 0.116. The average molecular weight is 302 g/mol. The van der Waals surface area contributed by atoms with Crippen molar-refractivity contribution >= 4 is 27.8 Å². The topological polar surface area (TPSA) is 86.6 Å². The molecule has 0 spiro atoms. The van der Waals surface area contributed by atoms with Crippen LogP contribution in [0.25, 0.3) is 0 Å². The Morgan fingerprint density at radius 1 is 1.47 bits per heavy atom. The number of aliphatic carboxylic acids is 1. The Bertz CT molecular complexity index is 447. The summed E-state index contributed by atoms with van der Waals surface area (Å²) in [6, 6.07) is 3.98. The van der Waals surface area contributed by atoms with Gasteiger partial charge in [0.2, 0.25) is 0 Å². The minimum atomic E-state index is -0.988. The van der Waals surface area contributed by atoms with Crippen LogP contribution in [0, 0.1) is 0 Å². The molecule has 92 valence electrons. The molecular weight excluding hydrogens is 290 g/mol. The van der Waals surface area contributed by atoms with E-state index < -0.39 is 17.9 Å². The lowest BCUT2D eigenvalue weighted by molar-refractivity contribution is -0.137. The van der Waals surface area contributed by atoms with Gasteiger partial charge < -0.3 is 15.5 Å². The lowest BCUT2D eigenvalue weighted by Gasteiger charge is -2.12. The Morgan fingerprint density at radius 2 is 2.12 bits per heavy atom. The van der Waals surface area contributed by atoms with Gasteiger partial charge in [-0.3, -0.25) is 9.59 Å². The Labute approximate surface area is 107 Å². The standard InChI is InChI=1S/C11H12BrNO4/c1-6(4-10(15)16)13-11(17)8-3-2-7(12)5-9(8)14/h2-3,5-6,14H,4H2,1H3,(H,13,17)(H,15,16). The fourth-order valence-corrected chi connectivity index (χ4v) is 1.66. The molecule has 0 aromatic heterocycles. The fraction of sp³-hybridized carbons (Fsp3) is 0.273. The predicted molar refractivity (Wildman–Crippen MR) is 65.0 cm³/mol. The minimum absolute atomic E-state index is 0.116. The van der Waals surface area contributed by atoms with E-state index >= 15 is 0 Å². The highest BCUT2D eigenvalue weighted by atomic mass is 79.9. The second-order valence-electron chi connectivity index (χ2n) is 3.63. The molecule has 0 saturated heterocycles. The molecule has 17 heavy (non-hydrogen) atoms. The van der Waals surface area contributed by atoms with E-state index in [1.807, 2.05) is 0 Å². The zero-order chi connectivity index (χ0) is 13.0. The lowest BCUT2D eigenvalue weighted by atomic mass is 10.1. The number of halogens is 1. The molecule has 1 atom stereocenters. The molecule has 0 bridgehead atoms. The van der Waals surface area contributed by atoms with Crippen LogP contribution in [-0.4, -0.2) is 28.1 Å². The van der Waals surface area contributed by atoms with Gasteiger partial charge in [0, 0.05) is 10.5 Å². The summed E-state index contributed by atoms with van der Waals surface area (Å²) in [5, 5.41) is 20.6. The molecule has 0 radical (unpaired) electrons. The van der Waals surface area contributed by atoms with Gasteiger partial charge in [0.15, 0.2) is 0 Å². The smallest absolute Gasteiger partial charge is 0.305 e. The van der Waals surface area contributed by atoms with E-state index in [0.717, 1.165) is 0 Å². The number of amides is 1. The van der Waals surface area contributed by atoms with Crippen LogP contribution in [0.15, 0.2) is 22.7 Å². The van der Waals surface area contributed by atoms with Gasteiger partial charge in [0.05, 0.1) is 12.0 Å². The Morgan fingerprint density at radius 3 is 2.65 bits per heavy atom. The molecule has 1 rings (SSSR count). The molecule has 0 heterocycles. The molecule has 0 saturated carbocycles. The van der Waals surface area contributed by atoms with Crippen molar-refractivity contribution in [2.45, 2.75) is 19.4 Å². The van der Waals surface area contributed by atoms with Crippen LogP contribution in [0.2, 0.25) is 0 Å². The van der Waals surface area contributed by atoms with Crippen molar-refractivity contribution in [3.8, 4) is 5.75 Å². The van der Waals surface area contributed by atoms with Crippen molar-refractivity contribution in [1.82, 2.24) is 5.32 Å². The van der Waals surface area contributed by atoms with Gasteiger partial charge in [-0.25, -0.2) is 0 Å². The maximum Gasteiger partial charge on any atom is 0.305 e. The highest BCUT2D eigenvalue weighted by molar-refractivity contribution is 9.10. The fourth-order valence-electron chi connectivity index (χ4n) is 1.31. The summed E-state index contributed by atoms with van der Waals surface area (Å²) >= 11 is 3.16. The third-order valence-corrected chi connectivity index (χ3v) is 2.56. The van der Waals surface area contributed by atoms with Crippen molar-refractivity contribution < 1.29 is 19.8 Å². The monoisotopic (exact) mass is 301 g/mol. The molecule has 1 unspecified atom stereocenters. The van der Waals surface area contributed by atoms with Gasteiger partial charge in [0.25, 0.3) is 5.91 Å². The summed E-state index contributed by atoms with van der Waals surface area (Å²) < 4.78 is 0.658. The molecule has 0 fully saturated rings. The number of benzene rings is 1. The largest absolute Gasteiger partial charge is 0.507 e. The molecule has 0 aliphatic heterocycles. The van der Waals surface area contributed by atoms with Crippen LogP contribution in [0.4, 0.5) is 0 Å². The molecule has 1 aromatic carbocycles. The zero-order valence-corrected chi connectivity index (χ0v) is 10.7. The molecule has 1 aromatic rings. The lowest BCUT2D eigenvalue weighted by Crippen LogP contribution is -2.34. The first kappa shape index (κ1) is 13.5. The van der Waals surface area contributed by atoms with Crippen LogP contribution >= 0.6 is 15.9 Å². The number of nitrogens with one attached hydrogen (secondary N) is 1. The molecule has 5 nitrogen and oxygen atoms in total. The quantitative estimate of drug-likeness (QED) is 0.791. The number of carboxylic acid groups (broad SMARTS) is 1. The van der Waals surface area contributed by atoms with Gasteiger partial charge in [-0.2, -0.15) is 0 Å². The molecular formula is C11H12BrNO4. The van der Waals surface area contributed by atoms with Gasteiger partial charge in [-0.1, -0.05) is 15.9 Å². The van der Waals surface area contributed by atoms with Gasteiger partial charge in [-0.15, -0.1) is 0 Å². The highest BCUT2D eigenvalue weighted by Gasteiger charge is 2.15. The van der Waals surface area contributed by atoms with Crippen molar-refractivity contribution in [2.75, 3.05) is 0 Å². The number of rotatable bonds is 4. The summed E-state index contributed by atoms with van der Waals surface area (Å²) in [4.78, 5) is 22.1. The maximum absolute atomic E-state index is 11.7. The van der Waals surface area contributed by atoms with Gasteiger partial charge in [-0.05, 0) is 25.1 Å². The first-order chi connectivity index (χ1) is 7.90. The molecule has 6 heteroatoms. The number of hydrogen-bond donors (Lipinski definition) is 3. The van der Waals surface area contributed by atoms with E-state index in [1.165, 1.54) is 12.1 Å². The summed E-state index contributed by atoms with van der Waals surface area (Å²) in [5.74, 6) is -1.64. The molecule has 0 aliphatic rings. The number of aromatic hydroxyl groups is 1. The number of carbonyl (C=O) groups is 2. The van der Waals surface area contributed by atoms with Crippen molar-refractivity contribution in [3.05, 3.63) is 28.2 Å². The summed E-state index contributed by atoms with van der Waals surface area (Å²) in [6.07, 6.45) is -0.164. The van der Waals surface area contributed by atoms with Crippen molar-refractivity contribution in [3.63, 3.8) is 0 Å². The van der Waals surface area contributed by atoms with Crippen LogP contribution in [0.5, 0.6) is 5.75 Å². The average Bonchev–Trinajstić information content (AvgIpc) is 2.15. The van der Waals surface area contributed by atoms with E-state index in [4.69, 9.17) is 5.11 Å². The number of phenols is 1. The van der Waals surface area contributed by atoms with Gasteiger partial charge in [0.1, 0.15) is 5.75 Å². The van der Waals surface area contributed by atoms with Crippen molar-refractivity contribution in [1.29, 1.82) is 0 Å². The van der Waals surface area contributed by atoms with E-state index in [1.54, 1.807) is 13.0 Å². The van der Waals surface area contributed by atoms with E-state index in [-0.39, 0.29) is 17.7 Å². The normalized spacial score (nSPS) is 11.9. The summed E-state index contributed by atoms with van der Waals surface area (Å²) in [6.45, 7) is 1.59. The predicted octanol–water partition coefficient (Wildman–Crippen LogP) is 1.75. The Hall–Kier alpha value is -1.56. The molecule has 3 N–H and O–H groups in total. The Kier molecular flexibility index (Phi) is 4.51. The number of phenolic OH excluding ortho intramolecular Hbond substituents is 1. The van der Waals surface area contributed by atoms with E-state index in [9.17, 15) is 14.7 Å². The van der Waals surface area contributed by atoms with E-state index in [0.29, 0.717) is 4.47 Å². The minimum Gasteiger partial charge on any atom is -0.507 e. The second-order valence-corrected chi connectivity index (χ2v) is 4.55. The SMILES string of the molecule is CC(CC(=O)O)NC(=O)c1ccc(Br)cc1O.